The van der Waals surface area contributed by atoms with Gasteiger partial charge in [-0.15, -0.1) is 0 Å². The third-order valence-corrected chi connectivity index (χ3v) is 8.41. The second-order valence-electron chi connectivity index (χ2n) is 10.6. The van der Waals surface area contributed by atoms with Gasteiger partial charge in [-0.2, -0.15) is 0 Å². The normalized spacial score (nSPS) is 30.1. The minimum atomic E-state index is -2.83. The molecule has 182 valence electrons. The fourth-order valence-electron chi connectivity index (χ4n) is 6.63. The smallest absolute Gasteiger partial charge is 0.256 e. The van der Waals surface area contributed by atoms with Crippen molar-refractivity contribution in [1.29, 1.82) is 0 Å². The van der Waals surface area contributed by atoms with Gasteiger partial charge in [0.2, 0.25) is 5.92 Å². The van der Waals surface area contributed by atoms with Gasteiger partial charge >= 0.3 is 0 Å². The number of alkyl halides is 2. The van der Waals surface area contributed by atoms with E-state index in [-0.39, 0.29) is 12.8 Å². The van der Waals surface area contributed by atoms with Crippen molar-refractivity contribution in [1.82, 2.24) is 10.2 Å². The average Bonchev–Trinajstić information content (AvgIpc) is 3.33. The van der Waals surface area contributed by atoms with Crippen molar-refractivity contribution in [3.63, 3.8) is 0 Å². The molecule has 3 aliphatic rings. The third-order valence-electron chi connectivity index (χ3n) is 8.41. The largest absolute Gasteiger partial charge is 0.375 e. The minimum Gasteiger partial charge on any atom is -0.375 e. The van der Waals surface area contributed by atoms with Gasteiger partial charge in [0, 0.05) is 44.9 Å². The number of likely N-dealkylation sites (tertiary alicyclic amines) is 1. The van der Waals surface area contributed by atoms with Crippen LogP contribution in [0.2, 0.25) is 0 Å². The van der Waals surface area contributed by atoms with Crippen LogP contribution in [0, 0.1) is 23.7 Å². The monoisotopic (exact) mass is 468 g/mol. The number of carbonyl (C=O) groups excluding carboxylic acids is 1. The number of aliphatic hydroxyl groups is 1. The standard InChI is InChI=1S/C28H34F2N2O2/c29-27(30)14-13-24(15-27)28(34,23-9-5-2-6-10-23)26(33)31-16-25-21-11-12-22(25)19-32(18-21)17-20-7-3-1-4-8-20/h1-10,21-22,24-25,34H,11-19H2,(H,31,33). The Labute approximate surface area is 200 Å². The summed E-state index contributed by atoms with van der Waals surface area (Å²) in [6.07, 6.45) is 1.68. The number of amides is 1. The number of rotatable bonds is 7. The van der Waals surface area contributed by atoms with Crippen LogP contribution in [0.25, 0.3) is 0 Å². The summed E-state index contributed by atoms with van der Waals surface area (Å²) in [6.45, 7) is 3.44. The molecule has 4 atom stereocenters. The molecule has 1 saturated heterocycles. The Kier molecular flexibility index (Phi) is 6.47. The molecule has 3 fully saturated rings. The van der Waals surface area contributed by atoms with E-state index in [1.165, 1.54) is 5.56 Å². The van der Waals surface area contributed by atoms with Crippen LogP contribution in [0.5, 0.6) is 0 Å². The lowest BCUT2D eigenvalue weighted by molar-refractivity contribution is -0.149. The third kappa shape index (κ3) is 4.63. The van der Waals surface area contributed by atoms with Gasteiger partial charge in [0.15, 0.2) is 5.60 Å². The molecular weight excluding hydrogens is 434 g/mol. The second-order valence-corrected chi connectivity index (χ2v) is 10.6. The van der Waals surface area contributed by atoms with Gasteiger partial charge in [-0.1, -0.05) is 60.7 Å². The molecule has 34 heavy (non-hydrogen) atoms. The number of halogens is 2. The first-order valence-electron chi connectivity index (χ1n) is 12.6. The molecule has 2 aromatic rings. The van der Waals surface area contributed by atoms with E-state index in [1.807, 2.05) is 6.07 Å². The summed E-state index contributed by atoms with van der Waals surface area (Å²) < 4.78 is 28.1. The van der Waals surface area contributed by atoms with Gasteiger partial charge in [-0.05, 0) is 48.1 Å². The van der Waals surface area contributed by atoms with Crippen LogP contribution >= 0.6 is 0 Å². The number of carbonyl (C=O) groups is 1. The van der Waals surface area contributed by atoms with Crippen LogP contribution in [0.1, 0.15) is 43.2 Å². The topological polar surface area (TPSA) is 52.6 Å². The lowest BCUT2D eigenvalue weighted by atomic mass is 9.78. The molecule has 2 aromatic carbocycles. The van der Waals surface area contributed by atoms with E-state index in [9.17, 15) is 18.7 Å². The van der Waals surface area contributed by atoms with Crippen LogP contribution < -0.4 is 5.32 Å². The summed E-state index contributed by atoms with van der Waals surface area (Å²) in [7, 11) is 0. The lowest BCUT2D eigenvalue weighted by Crippen LogP contribution is -2.52. The molecule has 4 nitrogen and oxygen atoms in total. The summed E-state index contributed by atoms with van der Waals surface area (Å²) in [6, 6.07) is 19.1. The van der Waals surface area contributed by atoms with Gasteiger partial charge in [0.1, 0.15) is 0 Å². The molecular formula is C28H34F2N2O2. The number of hydrogen-bond acceptors (Lipinski definition) is 3. The van der Waals surface area contributed by atoms with E-state index < -0.39 is 29.8 Å². The summed E-state index contributed by atoms with van der Waals surface area (Å²) in [5, 5.41) is 14.6. The highest BCUT2D eigenvalue weighted by Crippen LogP contribution is 2.48. The number of hydrogen-bond donors (Lipinski definition) is 2. The van der Waals surface area contributed by atoms with Crippen molar-refractivity contribution in [2.45, 2.75) is 50.2 Å². The molecule has 5 rings (SSSR count). The van der Waals surface area contributed by atoms with Crippen molar-refractivity contribution in [3.8, 4) is 0 Å². The zero-order valence-corrected chi connectivity index (χ0v) is 19.5. The summed E-state index contributed by atoms with van der Waals surface area (Å²) in [5.41, 5.74) is -0.223. The summed E-state index contributed by atoms with van der Waals surface area (Å²) in [4.78, 5) is 15.9. The molecule has 2 bridgehead atoms. The van der Waals surface area contributed by atoms with Crippen molar-refractivity contribution in [3.05, 3.63) is 71.8 Å². The number of benzene rings is 2. The highest BCUT2D eigenvalue weighted by atomic mass is 19.3. The van der Waals surface area contributed by atoms with Gasteiger partial charge < -0.3 is 10.4 Å². The number of piperidine rings is 1. The molecule has 2 saturated carbocycles. The van der Waals surface area contributed by atoms with E-state index in [4.69, 9.17) is 0 Å². The fourth-order valence-corrected chi connectivity index (χ4v) is 6.63. The average molecular weight is 469 g/mol. The van der Waals surface area contributed by atoms with Crippen LogP contribution in [0.4, 0.5) is 8.78 Å². The Balaban J connectivity index is 1.25. The summed E-state index contributed by atoms with van der Waals surface area (Å²) >= 11 is 0. The molecule has 2 aliphatic carbocycles. The molecule has 6 heteroatoms. The maximum absolute atomic E-state index is 14.0. The van der Waals surface area contributed by atoms with Gasteiger partial charge in [-0.3, -0.25) is 9.69 Å². The zero-order chi connectivity index (χ0) is 23.8. The minimum absolute atomic E-state index is 0.134. The number of nitrogens with one attached hydrogen (secondary N) is 1. The molecule has 4 unspecified atom stereocenters. The Morgan fingerprint density at radius 3 is 2.21 bits per heavy atom. The number of nitrogens with zero attached hydrogens (tertiary/aromatic N) is 1. The van der Waals surface area contributed by atoms with E-state index in [0.29, 0.717) is 29.9 Å². The lowest BCUT2D eigenvalue weighted by Gasteiger charge is -2.39. The molecule has 1 heterocycles. The van der Waals surface area contributed by atoms with E-state index >= 15 is 0 Å². The Morgan fingerprint density at radius 1 is 1.00 bits per heavy atom. The SMILES string of the molecule is O=C(NCC1C2CCC1CN(Cc1ccccc1)C2)C(O)(c1ccccc1)C1CCC(F)(F)C1. The van der Waals surface area contributed by atoms with Crippen LogP contribution in [-0.4, -0.2) is 41.5 Å². The van der Waals surface area contributed by atoms with Crippen molar-refractivity contribution < 1.29 is 18.7 Å². The quantitative estimate of drug-likeness (QED) is 0.625. The first kappa shape index (κ1) is 23.4. The Morgan fingerprint density at radius 2 is 1.62 bits per heavy atom. The Hall–Kier alpha value is -2.31. The van der Waals surface area contributed by atoms with Gasteiger partial charge in [0.25, 0.3) is 5.91 Å². The molecule has 1 amide bonds. The van der Waals surface area contributed by atoms with Crippen molar-refractivity contribution in [2.75, 3.05) is 19.6 Å². The highest BCUT2D eigenvalue weighted by molar-refractivity contribution is 5.86. The van der Waals surface area contributed by atoms with Crippen molar-refractivity contribution in [2.24, 2.45) is 23.7 Å². The van der Waals surface area contributed by atoms with Crippen LogP contribution in [0.15, 0.2) is 60.7 Å². The van der Waals surface area contributed by atoms with E-state index in [0.717, 1.165) is 32.5 Å². The Bertz CT molecular complexity index is 972. The maximum Gasteiger partial charge on any atom is 0.256 e. The molecule has 1 aliphatic heterocycles. The second kappa shape index (κ2) is 9.38. The molecule has 2 N–H and O–H groups in total. The molecule has 0 radical (unpaired) electrons. The molecule has 0 spiro atoms. The van der Waals surface area contributed by atoms with Crippen LogP contribution in [0.3, 0.4) is 0 Å². The maximum atomic E-state index is 14.0. The number of fused-ring (bicyclic) bond motifs is 2. The zero-order valence-electron chi connectivity index (χ0n) is 19.5. The first-order chi connectivity index (χ1) is 16.3. The first-order valence-corrected chi connectivity index (χ1v) is 12.6. The predicted octanol–water partition coefficient (Wildman–Crippen LogP) is 4.58. The highest BCUT2D eigenvalue weighted by Gasteiger charge is 2.53. The van der Waals surface area contributed by atoms with Gasteiger partial charge in [-0.25, -0.2) is 8.78 Å². The predicted molar refractivity (Wildman–Crippen MR) is 127 cm³/mol. The van der Waals surface area contributed by atoms with E-state index in [2.05, 4.69) is 34.5 Å². The van der Waals surface area contributed by atoms with E-state index in [1.54, 1.807) is 30.3 Å². The van der Waals surface area contributed by atoms with Crippen LogP contribution in [-0.2, 0) is 16.9 Å². The summed E-state index contributed by atoms with van der Waals surface area (Å²) in [5.74, 6) is -2.80. The van der Waals surface area contributed by atoms with Crippen molar-refractivity contribution >= 4 is 5.91 Å². The van der Waals surface area contributed by atoms with Gasteiger partial charge in [0.05, 0.1) is 0 Å². The molecule has 0 aromatic heterocycles. The fraction of sp³-hybridized carbons (Fsp3) is 0.536.